The van der Waals surface area contributed by atoms with Crippen LogP contribution in [0.3, 0.4) is 0 Å². The lowest BCUT2D eigenvalue weighted by Gasteiger charge is -2.02. The Bertz CT molecular complexity index is 740. The van der Waals surface area contributed by atoms with Crippen molar-refractivity contribution in [1.82, 2.24) is 9.55 Å². The lowest BCUT2D eigenvalue weighted by atomic mass is 10.2. The lowest BCUT2D eigenvalue weighted by Crippen LogP contribution is -3.00. The molecule has 2 heterocycles. The van der Waals surface area contributed by atoms with Crippen molar-refractivity contribution in [2.45, 2.75) is 6.67 Å². The maximum Gasteiger partial charge on any atom is 0.266 e. The Hall–Kier alpha value is -2.20. The molecule has 0 saturated carbocycles. The van der Waals surface area contributed by atoms with E-state index in [9.17, 15) is 4.79 Å². The van der Waals surface area contributed by atoms with Crippen LogP contribution in [0.2, 0.25) is 0 Å². The van der Waals surface area contributed by atoms with Crippen molar-refractivity contribution in [2.75, 3.05) is 0 Å². The first-order valence-electron chi connectivity index (χ1n) is 5.73. The van der Waals surface area contributed by atoms with Gasteiger partial charge in [-0.2, -0.15) is 4.57 Å². The van der Waals surface area contributed by atoms with Gasteiger partial charge in [0.15, 0.2) is 12.4 Å². The highest BCUT2D eigenvalue weighted by Gasteiger charge is 2.06. The standard InChI is InChI=1S/C14H12N3O.ClH/c18-14-12-6-2-3-7-13(12)15-10-17(14)11-16-8-4-1-5-9-16;/h1-10H,11H2;1H/q+1;/p-1. The van der Waals surface area contributed by atoms with Crippen LogP contribution < -0.4 is 22.5 Å². The molecule has 0 N–H and O–H groups in total. The summed E-state index contributed by atoms with van der Waals surface area (Å²) in [6.07, 6.45) is 5.42. The van der Waals surface area contributed by atoms with Crippen LogP contribution in [0.1, 0.15) is 0 Å². The van der Waals surface area contributed by atoms with Crippen LogP contribution in [0.4, 0.5) is 0 Å². The van der Waals surface area contributed by atoms with Gasteiger partial charge in [0, 0.05) is 12.1 Å². The molecule has 0 aliphatic rings. The third-order valence-electron chi connectivity index (χ3n) is 2.82. The highest BCUT2D eigenvalue weighted by Crippen LogP contribution is 2.03. The van der Waals surface area contributed by atoms with Crippen molar-refractivity contribution >= 4 is 10.9 Å². The summed E-state index contributed by atoms with van der Waals surface area (Å²) >= 11 is 0. The van der Waals surface area contributed by atoms with Gasteiger partial charge in [-0.1, -0.05) is 18.2 Å². The Balaban J connectivity index is 0.00000133. The van der Waals surface area contributed by atoms with E-state index in [1.165, 1.54) is 0 Å². The summed E-state index contributed by atoms with van der Waals surface area (Å²) in [4.78, 5) is 16.5. The number of fused-ring (bicyclic) bond motifs is 1. The van der Waals surface area contributed by atoms with E-state index in [-0.39, 0.29) is 18.0 Å². The summed E-state index contributed by atoms with van der Waals surface area (Å²) in [5.41, 5.74) is 0.716. The number of benzene rings is 1. The molecule has 0 aliphatic heterocycles. The Morgan fingerprint density at radius 1 is 1.05 bits per heavy atom. The first-order chi connectivity index (χ1) is 8.84. The second kappa shape index (κ2) is 5.63. The fourth-order valence-electron chi connectivity index (χ4n) is 1.91. The molecule has 0 radical (unpaired) electrons. The van der Waals surface area contributed by atoms with Crippen LogP contribution in [-0.4, -0.2) is 9.55 Å². The maximum absolute atomic E-state index is 12.2. The molecule has 5 heteroatoms. The Morgan fingerprint density at radius 2 is 1.79 bits per heavy atom. The molecular formula is C14H12ClN3O. The zero-order valence-corrected chi connectivity index (χ0v) is 10.9. The second-order valence-corrected chi connectivity index (χ2v) is 4.07. The zero-order valence-electron chi connectivity index (χ0n) is 10.1. The summed E-state index contributed by atoms with van der Waals surface area (Å²) in [5.74, 6) is 0. The molecular weight excluding hydrogens is 262 g/mol. The molecule has 0 unspecified atom stereocenters. The van der Waals surface area contributed by atoms with Gasteiger partial charge in [0.25, 0.3) is 5.56 Å². The fraction of sp³-hybridized carbons (Fsp3) is 0.0714. The van der Waals surface area contributed by atoms with Gasteiger partial charge in [0.05, 0.1) is 10.9 Å². The van der Waals surface area contributed by atoms with Gasteiger partial charge in [0.1, 0.15) is 6.33 Å². The van der Waals surface area contributed by atoms with E-state index in [4.69, 9.17) is 0 Å². The van der Waals surface area contributed by atoms with Crippen molar-refractivity contribution < 1.29 is 17.0 Å². The third kappa shape index (κ3) is 2.63. The van der Waals surface area contributed by atoms with Crippen LogP contribution in [-0.2, 0) is 6.67 Å². The Kier molecular flexibility index (Phi) is 3.92. The van der Waals surface area contributed by atoms with Crippen molar-refractivity contribution in [1.29, 1.82) is 0 Å². The molecule has 3 aromatic rings. The summed E-state index contributed by atoms with van der Waals surface area (Å²) in [5, 5.41) is 0.650. The predicted molar refractivity (Wildman–Crippen MR) is 68.0 cm³/mol. The van der Waals surface area contributed by atoms with E-state index in [2.05, 4.69) is 4.98 Å². The van der Waals surface area contributed by atoms with E-state index >= 15 is 0 Å². The third-order valence-corrected chi connectivity index (χ3v) is 2.82. The van der Waals surface area contributed by atoms with Gasteiger partial charge in [-0.15, -0.1) is 0 Å². The highest BCUT2D eigenvalue weighted by molar-refractivity contribution is 5.76. The van der Waals surface area contributed by atoms with Crippen LogP contribution in [0, 0.1) is 0 Å². The summed E-state index contributed by atoms with van der Waals surface area (Å²) in [6.45, 7) is 0.470. The highest BCUT2D eigenvalue weighted by atomic mass is 35.5. The molecule has 0 aliphatic carbocycles. The van der Waals surface area contributed by atoms with Crippen LogP contribution >= 0.6 is 0 Å². The average Bonchev–Trinajstić information content (AvgIpc) is 2.43. The second-order valence-electron chi connectivity index (χ2n) is 4.07. The van der Waals surface area contributed by atoms with Crippen LogP contribution in [0.15, 0.2) is 66.0 Å². The number of halogens is 1. The first-order valence-corrected chi connectivity index (χ1v) is 5.73. The van der Waals surface area contributed by atoms with Crippen molar-refractivity contribution in [3.8, 4) is 0 Å². The minimum absolute atomic E-state index is 0. The maximum atomic E-state index is 12.2. The van der Waals surface area contributed by atoms with E-state index in [0.29, 0.717) is 12.1 Å². The molecule has 0 saturated heterocycles. The molecule has 0 atom stereocenters. The fourth-order valence-corrected chi connectivity index (χ4v) is 1.91. The van der Waals surface area contributed by atoms with E-state index in [0.717, 1.165) is 5.52 Å². The number of pyridine rings is 1. The summed E-state index contributed by atoms with van der Waals surface area (Å²) in [6, 6.07) is 13.2. The normalized spacial score (nSPS) is 10.1. The number of hydrogen-bond donors (Lipinski definition) is 0. The quantitative estimate of drug-likeness (QED) is 0.517. The number of para-hydroxylation sites is 1. The van der Waals surface area contributed by atoms with Gasteiger partial charge in [-0.3, -0.25) is 4.79 Å². The molecule has 96 valence electrons. The number of rotatable bonds is 2. The van der Waals surface area contributed by atoms with Gasteiger partial charge in [-0.25, -0.2) is 9.55 Å². The van der Waals surface area contributed by atoms with Gasteiger partial charge in [-0.05, 0) is 12.1 Å². The van der Waals surface area contributed by atoms with E-state index in [1.807, 2.05) is 53.4 Å². The van der Waals surface area contributed by atoms with Gasteiger partial charge in [0.2, 0.25) is 6.67 Å². The predicted octanol–water partition coefficient (Wildman–Crippen LogP) is -1.81. The average molecular weight is 274 g/mol. The molecule has 0 bridgehead atoms. The molecule has 2 aromatic heterocycles. The molecule has 3 rings (SSSR count). The molecule has 0 fully saturated rings. The largest absolute Gasteiger partial charge is 1.00 e. The number of nitrogens with zero attached hydrogens (tertiary/aromatic N) is 3. The molecule has 0 spiro atoms. The number of hydrogen-bond acceptors (Lipinski definition) is 2. The van der Waals surface area contributed by atoms with Gasteiger partial charge >= 0.3 is 0 Å². The molecule has 4 nitrogen and oxygen atoms in total. The van der Waals surface area contributed by atoms with E-state index < -0.39 is 0 Å². The van der Waals surface area contributed by atoms with Crippen LogP contribution in [0.5, 0.6) is 0 Å². The smallest absolute Gasteiger partial charge is 0.266 e. The van der Waals surface area contributed by atoms with E-state index in [1.54, 1.807) is 17.0 Å². The SMILES string of the molecule is O=c1c2ccccc2ncn1C[n+]1ccccc1.[Cl-]. The van der Waals surface area contributed by atoms with Gasteiger partial charge < -0.3 is 12.4 Å². The Morgan fingerprint density at radius 3 is 2.58 bits per heavy atom. The van der Waals surface area contributed by atoms with Crippen molar-refractivity contribution in [2.24, 2.45) is 0 Å². The van der Waals surface area contributed by atoms with Crippen molar-refractivity contribution in [3.63, 3.8) is 0 Å². The van der Waals surface area contributed by atoms with Crippen molar-refractivity contribution in [3.05, 3.63) is 71.5 Å². The molecule has 1 aromatic carbocycles. The first kappa shape index (κ1) is 13.2. The zero-order chi connectivity index (χ0) is 12.4. The molecule has 19 heavy (non-hydrogen) atoms. The minimum atomic E-state index is -0.0167. The lowest BCUT2D eigenvalue weighted by molar-refractivity contribution is -0.701. The minimum Gasteiger partial charge on any atom is -1.00 e. The summed E-state index contributed by atoms with van der Waals surface area (Å²) < 4.78 is 3.53. The topological polar surface area (TPSA) is 38.8 Å². The summed E-state index contributed by atoms with van der Waals surface area (Å²) in [7, 11) is 0. The van der Waals surface area contributed by atoms with Crippen LogP contribution in [0.25, 0.3) is 10.9 Å². The monoisotopic (exact) mass is 273 g/mol. The number of aromatic nitrogens is 3. The molecule has 0 amide bonds. The Labute approximate surface area is 116 Å².